The van der Waals surface area contributed by atoms with Crippen LogP contribution in [0.4, 0.5) is 10.6 Å². The van der Waals surface area contributed by atoms with Gasteiger partial charge in [0.25, 0.3) is 0 Å². The van der Waals surface area contributed by atoms with Crippen LogP contribution in [0.2, 0.25) is 0 Å². The van der Waals surface area contributed by atoms with Gasteiger partial charge in [-0.15, -0.1) is 0 Å². The second-order valence-electron chi connectivity index (χ2n) is 8.29. The first-order valence-electron chi connectivity index (χ1n) is 11.1. The maximum absolute atomic E-state index is 12.0. The van der Waals surface area contributed by atoms with Crippen molar-refractivity contribution in [2.45, 2.75) is 69.1 Å². The molecule has 6 N–H and O–H groups in total. The molecule has 1 saturated carbocycles. The Hall–Kier alpha value is -2.15. The number of aliphatic hydroxyl groups is 2. The summed E-state index contributed by atoms with van der Waals surface area (Å²) in [5.41, 5.74) is 6.69. The van der Waals surface area contributed by atoms with Gasteiger partial charge in [0.1, 0.15) is 24.1 Å². The molecule has 0 radical (unpaired) electrons. The normalized spacial score (nSPS) is 26.4. The minimum atomic E-state index is -1.11. The van der Waals surface area contributed by atoms with Gasteiger partial charge in [-0.25, -0.2) is 19.7 Å². The van der Waals surface area contributed by atoms with Crippen LogP contribution >= 0.6 is 11.8 Å². The average molecular weight is 466 g/mol. The van der Waals surface area contributed by atoms with E-state index in [-0.39, 0.29) is 11.8 Å². The first-order valence-corrected chi connectivity index (χ1v) is 12.3. The number of thioether (sulfide) groups is 1. The fourth-order valence-corrected chi connectivity index (χ4v) is 5.24. The third kappa shape index (κ3) is 5.25. The number of nitrogen functional groups attached to an aromatic ring is 1. The van der Waals surface area contributed by atoms with E-state index in [0.717, 1.165) is 25.0 Å². The molecule has 0 aromatic carbocycles. The molecule has 2 fully saturated rings. The second-order valence-corrected chi connectivity index (χ2v) is 9.44. The molecular formula is C20H31N7O4S. The maximum Gasteiger partial charge on any atom is 0.315 e. The minimum absolute atomic E-state index is 0.0978. The summed E-state index contributed by atoms with van der Waals surface area (Å²) in [7, 11) is 0. The lowest BCUT2D eigenvalue weighted by Gasteiger charge is -2.22. The monoisotopic (exact) mass is 465 g/mol. The summed E-state index contributed by atoms with van der Waals surface area (Å²) in [6.07, 6.45) is 5.90. The molecule has 11 nitrogen and oxygen atoms in total. The molecule has 0 bridgehead atoms. The van der Waals surface area contributed by atoms with Crippen molar-refractivity contribution in [2.24, 2.45) is 0 Å². The van der Waals surface area contributed by atoms with Crippen LogP contribution in [0.1, 0.15) is 44.8 Å². The molecule has 12 heteroatoms. The van der Waals surface area contributed by atoms with Crippen LogP contribution in [0.15, 0.2) is 12.7 Å². The number of hydrogen-bond acceptors (Lipinski definition) is 9. The molecule has 0 spiro atoms. The number of imidazole rings is 1. The number of ether oxygens (including phenoxy) is 1. The lowest BCUT2D eigenvalue weighted by atomic mass is 9.96. The molecule has 1 saturated heterocycles. The predicted molar refractivity (Wildman–Crippen MR) is 121 cm³/mol. The van der Waals surface area contributed by atoms with E-state index >= 15 is 0 Å². The molecule has 4 atom stereocenters. The van der Waals surface area contributed by atoms with Crippen molar-refractivity contribution in [3.63, 3.8) is 0 Å². The quantitative estimate of drug-likeness (QED) is 0.355. The number of amides is 2. The standard InChI is InChI=1S/C20H31N7O4S/c21-17-14-18(24-10-23-17)27(11-25-14)19-16(29)15(28)13(31-19)9-32-8-4-7-22-20(30)26-12-5-2-1-3-6-12/h10-13,15-16,19,28-29H,1-9H2,(H2,21,23,24)(H2,22,26,30)/t13-,15-,16-,19-/m1/s1. The third-order valence-electron chi connectivity index (χ3n) is 5.97. The minimum Gasteiger partial charge on any atom is -0.387 e. The Bertz CT molecular complexity index is 907. The zero-order chi connectivity index (χ0) is 22.5. The predicted octanol–water partition coefficient (Wildman–Crippen LogP) is 0.783. The molecule has 2 amide bonds. The van der Waals surface area contributed by atoms with Gasteiger partial charge in [0.15, 0.2) is 17.7 Å². The number of aromatic nitrogens is 4. The molecule has 176 valence electrons. The van der Waals surface area contributed by atoms with Crippen LogP contribution in [0, 0.1) is 0 Å². The summed E-state index contributed by atoms with van der Waals surface area (Å²) in [5.74, 6) is 1.57. The zero-order valence-electron chi connectivity index (χ0n) is 17.9. The van der Waals surface area contributed by atoms with Gasteiger partial charge in [0.2, 0.25) is 0 Å². The number of carbonyl (C=O) groups is 1. The number of nitrogens with zero attached hydrogens (tertiary/aromatic N) is 4. The van der Waals surface area contributed by atoms with Crippen molar-refractivity contribution in [2.75, 3.05) is 23.8 Å². The van der Waals surface area contributed by atoms with Crippen molar-refractivity contribution in [3.05, 3.63) is 12.7 Å². The third-order valence-corrected chi connectivity index (χ3v) is 7.11. The highest BCUT2D eigenvalue weighted by molar-refractivity contribution is 7.99. The summed E-state index contributed by atoms with van der Waals surface area (Å²) < 4.78 is 7.50. The van der Waals surface area contributed by atoms with E-state index in [2.05, 4.69) is 25.6 Å². The molecule has 0 unspecified atom stereocenters. The second kappa shape index (κ2) is 10.6. The lowest BCUT2D eigenvalue weighted by molar-refractivity contribution is -0.0289. The number of aliphatic hydroxyl groups excluding tert-OH is 2. The molecule has 2 aromatic heterocycles. The highest BCUT2D eigenvalue weighted by atomic mass is 32.2. The summed E-state index contributed by atoms with van der Waals surface area (Å²) in [5, 5.41) is 26.9. The van der Waals surface area contributed by atoms with Crippen LogP contribution in [-0.2, 0) is 4.74 Å². The molecule has 3 heterocycles. The number of hydrogen-bond donors (Lipinski definition) is 5. The Kier molecular flexibility index (Phi) is 7.66. The molecule has 2 aromatic rings. The van der Waals surface area contributed by atoms with E-state index in [1.807, 2.05) is 0 Å². The van der Waals surface area contributed by atoms with Gasteiger partial charge >= 0.3 is 6.03 Å². The Morgan fingerprint density at radius 2 is 2.03 bits per heavy atom. The number of urea groups is 1. The van der Waals surface area contributed by atoms with E-state index in [1.54, 1.807) is 16.3 Å². The largest absolute Gasteiger partial charge is 0.387 e. The number of fused-ring (bicyclic) bond motifs is 1. The van der Waals surface area contributed by atoms with Gasteiger partial charge in [0, 0.05) is 18.3 Å². The van der Waals surface area contributed by atoms with Gasteiger partial charge in [-0.2, -0.15) is 11.8 Å². The van der Waals surface area contributed by atoms with Crippen LogP contribution in [0.5, 0.6) is 0 Å². The van der Waals surface area contributed by atoms with E-state index < -0.39 is 24.5 Å². The number of rotatable bonds is 8. The van der Waals surface area contributed by atoms with E-state index in [9.17, 15) is 15.0 Å². The van der Waals surface area contributed by atoms with Crippen molar-refractivity contribution in [1.82, 2.24) is 30.2 Å². The fraction of sp³-hybridized carbons (Fsp3) is 0.700. The summed E-state index contributed by atoms with van der Waals surface area (Å²) in [6.45, 7) is 0.590. The topological polar surface area (TPSA) is 160 Å². The van der Waals surface area contributed by atoms with Gasteiger partial charge < -0.3 is 31.3 Å². The van der Waals surface area contributed by atoms with Gasteiger partial charge in [-0.1, -0.05) is 19.3 Å². The summed E-state index contributed by atoms with van der Waals surface area (Å²) in [4.78, 5) is 24.2. The van der Waals surface area contributed by atoms with Crippen LogP contribution in [0.25, 0.3) is 11.2 Å². The maximum atomic E-state index is 12.0. The van der Waals surface area contributed by atoms with E-state index in [1.165, 1.54) is 31.9 Å². The highest BCUT2D eigenvalue weighted by Gasteiger charge is 2.44. The number of nitrogens with two attached hydrogens (primary N) is 1. The van der Waals surface area contributed by atoms with Crippen molar-refractivity contribution in [1.29, 1.82) is 0 Å². The molecule has 2 aliphatic rings. The lowest BCUT2D eigenvalue weighted by Crippen LogP contribution is -2.43. The average Bonchev–Trinajstić information content (AvgIpc) is 3.34. The zero-order valence-corrected chi connectivity index (χ0v) is 18.7. The van der Waals surface area contributed by atoms with E-state index in [4.69, 9.17) is 10.5 Å². The molecular weight excluding hydrogens is 434 g/mol. The first kappa shape index (κ1) is 23.0. The highest BCUT2D eigenvalue weighted by Crippen LogP contribution is 2.33. The Morgan fingerprint density at radius 1 is 1.22 bits per heavy atom. The smallest absolute Gasteiger partial charge is 0.315 e. The van der Waals surface area contributed by atoms with Crippen LogP contribution in [0.3, 0.4) is 0 Å². The molecule has 1 aliphatic heterocycles. The molecule has 32 heavy (non-hydrogen) atoms. The summed E-state index contributed by atoms with van der Waals surface area (Å²) >= 11 is 1.61. The van der Waals surface area contributed by atoms with Gasteiger partial charge in [-0.05, 0) is 25.0 Å². The van der Waals surface area contributed by atoms with Crippen LogP contribution < -0.4 is 16.4 Å². The van der Waals surface area contributed by atoms with Gasteiger partial charge in [0.05, 0.1) is 12.4 Å². The van der Waals surface area contributed by atoms with Crippen LogP contribution in [-0.4, -0.2) is 78.2 Å². The van der Waals surface area contributed by atoms with Crippen molar-refractivity contribution >= 4 is 34.8 Å². The number of carbonyl (C=O) groups excluding carboxylic acids is 1. The Labute approximate surface area is 190 Å². The number of nitrogens with one attached hydrogen (secondary N) is 2. The van der Waals surface area contributed by atoms with Crippen molar-refractivity contribution in [3.8, 4) is 0 Å². The Morgan fingerprint density at radius 3 is 2.84 bits per heavy atom. The Balaban J connectivity index is 1.18. The molecule has 1 aliphatic carbocycles. The fourth-order valence-electron chi connectivity index (χ4n) is 4.21. The van der Waals surface area contributed by atoms with Gasteiger partial charge in [-0.3, -0.25) is 4.57 Å². The van der Waals surface area contributed by atoms with Crippen molar-refractivity contribution < 1.29 is 19.7 Å². The number of anilines is 1. The SMILES string of the molecule is Nc1ncnc2c1ncn2[C@@H]1O[C@H](CSCCCNC(=O)NC2CCCCC2)[C@@H](O)[C@H]1O. The summed E-state index contributed by atoms with van der Waals surface area (Å²) in [6, 6.07) is 0.202. The first-order chi connectivity index (χ1) is 15.5. The van der Waals surface area contributed by atoms with E-state index in [0.29, 0.717) is 29.5 Å². The molecule has 4 rings (SSSR count).